The van der Waals surface area contributed by atoms with Crippen LogP contribution in [-0.4, -0.2) is 31.7 Å². The molecule has 0 aliphatic heterocycles. The van der Waals surface area contributed by atoms with Crippen molar-refractivity contribution in [1.29, 1.82) is 0 Å². The molecule has 1 fully saturated rings. The van der Waals surface area contributed by atoms with Crippen LogP contribution in [0.3, 0.4) is 0 Å². The number of sulfonamides is 1. The van der Waals surface area contributed by atoms with Gasteiger partial charge in [-0.3, -0.25) is 4.79 Å². The molecule has 0 heterocycles. The molecule has 0 bridgehead atoms. The second kappa shape index (κ2) is 9.31. The van der Waals surface area contributed by atoms with Crippen LogP contribution in [0.1, 0.15) is 63.6 Å². The van der Waals surface area contributed by atoms with Gasteiger partial charge in [0.05, 0.1) is 16.4 Å². The second-order valence-electron chi connectivity index (χ2n) is 8.01. The van der Waals surface area contributed by atoms with Crippen LogP contribution >= 0.6 is 0 Å². The van der Waals surface area contributed by atoms with Crippen molar-refractivity contribution in [2.24, 2.45) is 0 Å². The predicted molar refractivity (Wildman–Crippen MR) is 120 cm³/mol. The van der Waals surface area contributed by atoms with Crippen LogP contribution in [0.15, 0.2) is 59.5 Å². The molecule has 1 atom stereocenters. The van der Waals surface area contributed by atoms with E-state index < -0.39 is 15.4 Å². The summed E-state index contributed by atoms with van der Waals surface area (Å²) in [5, 5.41) is 3.18. The molecule has 2 aromatic carbocycles. The minimum absolute atomic E-state index is 0.0542. The summed E-state index contributed by atoms with van der Waals surface area (Å²) in [6.45, 7) is 6.49. The zero-order chi connectivity index (χ0) is 21.8. The van der Waals surface area contributed by atoms with Crippen LogP contribution < -0.4 is 5.32 Å². The van der Waals surface area contributed by atoms with E-state index in [0.717, 1.165) is 36.8 Å². The summed E-state index contributed by atoms with van der Waals surface area (Å²) < 4.78 is 26.8. The molecule has 162 valence electrons. The third-order valence-corrected chi connectivity index (χ3v) is 8.35. The zero-order valence-corrected chi connectivity index (χ0v) is 18.9. The first-order valence-corrected chi connectivity index (χ1v) is 12.3. The first kappa shape index (κ1) is 22.5. The van der Waals surface area contributed by atoms with Crippen molar-refractivity contribution in [3.8, 4) is 0 Å². The van der Waals surface area contributed by atoms with Gasteiger partial charge in [0.2, 0.25) is 15.9 Å². The number of nitrogens with zero attached hydrogens (tertiary/aromatic N) is 1. The van der Waals surface area contributed by atoms with Crippen molar-refractivity contribution >= 4 is 15.9 Å². The summed E-state index contributed by atoms with van der Waals surface area (Å²) in [4.78, 5) is 13.6. The van der Waals surface area contributed by atoms with Crippen LogP contribution in [0.25, 0.3) is 0 Å². The fourth-order valence-corrected chi connectivity index (χ4v) is 5.90. The van der Waals surface area contributed by atoms with E-state index in [1.54, 1.807) is 24.3 Å². The van der Waals surface area contributed by atoms with Crippen LogP contribution in [-0.2, 0) is 20.2 Å². The Bertz CT molecular complexity index is 946. The Labute approximate surface area is 180 Å². The monoisotopic (exact) mass is 428 g/mol. The lowest BCUT2D eigenvalue weighted by Gasteiger charge is -2.30. The molecule has 6 heteroatoms. The number of hydrogen-bond acceptors (Lipinski definition) is 3. The summed E-state index contributed by atoms with van der Waals surface area (Å²) in [6, 6.07) is 16.7. The standard InChI is InChI=1S/C24H32N2O3S/c1-4-26(5-2)30(28,29)22-15-13-20(14-16-22)19(3)25-23(27)24(17-9-10-18-24)21-11-7-6-8-12-21/h6-8,11-16,19H,4-5,9-10,17-18H2,1-3H3,(H,25,27). The SMILES string of the molecule is CCN(CC)S(=O)(=O)c1ccc(C(C)NC(=O)C2(c3ccccc3)CCCC2)cc1. The third kappa shape index (κ3) is 4.30. The number of carbonyl (C=O) groups is 1. The summed E-state index contributed by atoms with van der Waals surface area (Å²) in [7, 11) is -3.48. The van der Waals surface area contributed by atoms with Crippen molar-refractivity contribution in [3.63, 3.8) is 0 Å². The van der Waals surface area contributed by atoms with Gasteiger partial charge in [0.15, 0.2) is 0 Å². The van der Waals surface area contributed by atoms with E-state index in [-0.39, 0.29) is 16.8 Å². The number of carbonyl (C=O) groups excluding carboxylic acids is 1. The quantitative estimate of drug-likeness (QED) is 0.677. The van der Waals surface area contributed by atoms with Gasteiger partial charge < -0.3 is 5.32 Å². The van der Waals surface area contributed by atoms with Gasteiger partial charge in [-0.15, -0.1) is 0 Å². The highest BCUT2D eigenvalue weighted by Gasteiger charge is 2.42. The first-order valence-electron chi connectivity index (χ1n) is 10.8. The zero-order valence-electron chi connectivity index (χ0n) is 18.1. The Morgan fingerprint density at radius 1 is 1.00 bits per heavy atom. The van der Waals surface area contributed by atoms with Gasteiger partial charge in [0, 0.05) is 13.1 Å². The highest BCUT2D eigenvalue weighted by atomic mass is 32.2. The van der Waals surface area contributed by atoms with Crippen molar-refractivity contribution < 1.29 is 13.2 Å². The lowest BCUT2D eigenvalue weighted by molar-refractivity contribution is -0.127. The molecule has 5 nitrogen and oxygen atoms in total. The van der Waals surface area contributed by atoms with E-state index >= 15 is 0 Å². The number of benzene rings is 2. The molecule has 1 aliphatic carbocycles. The highest BCUT2D eigenvalue weighted by molar-refractivity contribution is 7.89. The lowest BCUT2D eigenvalue weighted by atomic mass is 9.77. The fourth-order valence-electron chi connectivity index (χ4n) is 4.44. The van der Waals surface area contributed by atoms with E-state index in [1.165, 1.54) is 4.31 Å². The third-order valence-electron chi connectivity index (χ3n) is 6.29. The number of nitrogens with one attached hydrogen (secondary N) is 1. The van der Waals surface area contributed by atoms with Crippen molar-refractivity contribution in [2.45, 2.75) is 62.8 Å². The lowest BCUT2D eigenvalue weighted by Crippen LogP contribution is -2.43. The second-order valence-corrected chi connectivity index (χ2v) is 9.95. The summed E-state index contributed by atoms with van der Waals surface area (Å²) in [6.07, 6.45) is 3.82. The van der Waals surface area contributed by atoms with E-state index in [2.05, 4.69) is 5.32 Å². The molecular formula is C24H32N2O3S. The van der Waals surface area contributed by atoms with Crippen molar-refractivity contribution in [1.82, 2.24) is 9.62 Å². The Kier molecular flexibility index (Phi) is 6.98. The first-order chi connectivity index (χ1) is 14.3. The largest absolute Gasteiger partial charge is 0.349 e. The molecule has 30 heavy (non-hydrogen) atoms. The maximum absolute atomic E-state index is 13.3. The van der Waals surface area contributed by atoms with Gasteiger partial charge in [-0.2, -0.15) is 4.31 Å². The molecule has 2 aromatic rings. The maximum atomic E-state index is 13.3. The normalized spacial score (nSPS) is 17.1. The van der Waals surface area contributed by atoms with Crippen LogP contribution in [0, 0.1) is 0 Å². The highest BCUT2D eigenvalue weighted by Crippen LogP contribution is 2.41. The molecule has 1 aliphatic rings. The Morgan fingerprint density at radius 2 is 1.57 bits per heavy atom. The van der Waals surface area contributed by atoms with Crippen LogP contribution in [0.5, 0.6) is 0 Å². The molecule has 0 saturated heterocycles. The molecule has 0 aromatic heterocycles. The predicted octanol–water partition coefficient (Wildman–Crippen LogP) is 4.41. The molecule has 1 saturated carbocycles. The van der Waals surface area contributed by atoms with Gasteiger partial charge in [0.1, 0.15) is 0 Å². The Balaban J connectivity index is 1.77. The van der Waals surface area contributed by atoms with E-state index in [1.807, 2.05) is 51.1 Å². The summed E-state index contributed by atoms with van der Waals surface area (Å²) in [5.41, 5.74) is 1.50. The number of hydrogen-bond donors (Lipinski definition) is 1. The van der Waals surface area contributed by atoms with Gasteiger partial charge in [-0.05, 0) is 43.0 Å². The Morgan fingerprint density at radius 3 is 2.10 bits per heavy atom. The van der Waals surface area contributed by atoms with E-state index in [9.17, 15) is 13.2 Å². The van der Waals surface area contributed by atoms with Gasteiger partial charge >= 0.3 is 0 Å². The smallest absolute Gasteiger partial charge is 0.243 e. The maximum Gasteiger partial charge on any atom is 0.243 e. The van der Waals surface area contributed by atoms with E-state index in [0.29, 0.717) is 13.1 Å². The Hall–Kier alpha value is -2.18. The molecule has 0 radical (unpaired) electrons. The molecule has 1 unspecified atom stereocenters. The summed E-state index contributed by atoms with van der Waals surface area (Å²) >= 11 is 0. The number of rotatable bonds is 8. The molecule has 0 spiro atoms. The van der Waals surface area contributed by atoms with Crippen LogP contribution in [0.4, 0.5) is 0 Å². The van der Waals surface area contributed by atoms with Crippen molar-refractivity contribution in [2.75, 3.05) is 13.1 Å². The molecule has 1 amide bonds. The van der Waals surface area contributed by atoms with Crippen molar-refractivity contribution in [3.05, 3.63) is 65.7 Å². The van der Waals surface area contributed by atoms with Crippen LogP contribution in [0.2, 0.25) is 0 Å². The molecule has 1 N–H and O–H groups in total. The molecular weight excluding hydrogens is 396 g/mol. The van der Waals surface area contributed by atoms with Gasteiger partial charge in [-0.25, -0.2) is 8.42 Å². The average Bonchev–Trinajstić information content (AvgIpc) is 3.26. The number of amides is 1. The summed E-state index contributed by atoms with van der Waals surface area (Å²) in [5.74, 6) is 0.0542. The minimum Gasteiger partial charge on any atom is -0.349 e. The fraction of sp³-hybridized carbons (Fsp3) is 0.458. The molecule has 3 rings (SSSR count). The van der Waals surface area contributed by atoms with Gasteiger partial charge in [-0.1, -0.05) is 69.2 Å². The minimum atomic E-state index is -3.48. The average molecular weight is 429 g/mol. The van der Waals surface area contributed by atoms with E-state index in [4.69, 9.17) is 0 Å². The van der Waals surface area contributed by atoms with Gasteiger partial charge in [0.25, 0.3) is 0 Å². The topological polar surface area (TPSA) is 66.5 Å².